The average Bonchev–Trinajstić information content (AvgIpc) is 2.53. The number of methoxy groups -OCH3 is 1. The quantitative estimate of drug-likeness (QED) is 0.712. The molecule has 0 unspecified atom stereocenters. The Kier molecular flexibility index (Phi) is 5.13. The summed E-state index contributed by atoms with van der Waals surface area (Å²) < 4.78 is 19.2. The van der Waals surface area contributed by atoms with E-state index in [1.165, 1.54) is 0 Å². The molecule has 118 valence electrons. The molecule has 0 heterocycles. The molecule has 0 aliphatic rings. The highest BCUT2D eigenvalue weighted by atomic mass is 31.2. The largest absolute Gasteiger partial charge is 0.497 e. The summed E-state index contributed by atoms with van der Waals surface area (Å²) in [6.07, 6.45) is 0. The zero-order chi connectivity index (χ0) is 16.3. The molecular weight excluding hydrogens is 291 g/mol. The molecule has 0 spiro atoms. The third-order valence-electron chi connectivity index (χ3n) is 4.20. The molecule has 2 rings (SSSR count). The van der Waals surface area contributed by atoms with Crippen LogP contribution in [0, 0.1) is 0 Å². The molecular formula is C19H25O2P. The number of rotatable bonds is 5. The van der Waals surface area contributed by atoms with Crippen molar-refractivity contribution >= 4 is 12.4 Å². The van der Waals surface area contributed by atoms with Crippen LogP contribution in [0.1, 0.15) is 27.7 Å². The fourth-order valence-corrected chi connectivity index (χ4v) is 6.16. The summed E-state index contributed by atoms with van der Waals surface area (Å²) in [5.41, 5.74) is 2.35. The lowest BCUT2D eigenvalue weighted by molar-refractivity contribution is 0.415. The predicted molar refractivity (Wildman–Crippen MR) is 95.9 cm³/mol. The molecule has 3 heteroatoms. The van der Waals surface area contributed by atoms with Crippen molar-refractivity contribution < 1.29 is 9.30 Å². The van der Waals surface area contributed by atoms with Crippen LogP contribution >= 0.6 is 7.14 Å². The van der Waals surface area contributed by atoms with E-state index < -0.39 is 7.14 Å². The molecule has 0 amide bonds. The van der Waals surface area contributed by atoms with Gasteiger partial charge >= 0.3 is 0 Å². The Bertz CT molecular complexity index is 663. The summed E-state index contributed by atoms with van der Waals surface area (Å²) in [7, 11) is -0.889. The van der Waals surface area contributed by atoms with Gasteiger partial charge in [0.1, 0.15) is 12.9 Å². The van der Waals surface area contributed by atoms with Gasteiger partial charge in [-0.1, -0.05) is 58.0 Å². The van der Waals surface area contributed by atoms with E-state index in [0.717, 1.165) is 22.2 Å². The molecule has 0 saturated heterocycles. The summed E-state index contributed by atoms with van der Waals surface area (Å²) in [5.74, 6) is 0.760. The first-order chi connectivity index (χ1) is 10.4. The van der Waals surface area contributed by atoms with Crippen LogP contribution in [0.2, 0.25) is 0 Å². The first-order valence-electron chi connectivity index (χ1n) is 7.74. The minimum Gasteiger partial charge on any atom is -0.497 e. The SMILES string of the molecule is COc1ccc(-c2ccccc2)c(P(=O)(C(C)C)C(C)C)c1. The van der Waals surface area contributed by atoms with Crippen LogP contribution in [0.15, 0.2) is 48.5 Å². The fraction of sp³-hybridized carbons (Fsp3) is 0.368. The third-order valence-corrected chi connectivity index (χ3v) is 8.39. The third kappa shape index (κ3) is 2.98. The molecule has 0 aliphatic carbocycles. The predicted octanol–water partition coefficient (Wildman–Crippen LogP) is 5.17. The molecule has 0 atom stereocenters. The van der Waals surface area contributed by atoms with Crippen molar-refractivity contribution in [3.8, 4) is 16.9 Å². The van der Waals surface area contributed by atoms with Crippen molar-refractivity contribution in [2.75, 3.05) is 7.11 Å². The molecule has 0 aromatic heterocycles. The van der Waals surface area contributed by atoms with Gasteiger partial charge in [0.2, 0.25) is 0 Å². The number of hydrogen-bond donors (Lipinski definition) is 0. The minimum atomic E-state index is -2.54. The summed E-state index contributed by atoms with van der Waals surface area (Å²) in [6.45, 7) is 8.20. The van der Waals surface area contributed by atoms with Crippen molar-refractivity contribution in [3.05, 3.63) is 48.5 Å². The molecule has 2 aromatic rings. The number of hydrogen-bond acceptors (Lipinski definition) is 2. The highest BCUT2D eigenvalue weighted by Gasteiger charge is 2.35. The summed E-state index contributed by atoms with van der Waals surface area (Å²) in [6, 6.07) is 16.1. The standard InChI is InChI=1S/C19H25O2P/c1-14(2)22(20,15(3)4)19-13-17(21-5)11-12-18(19)16-9-7-6-8-10-16/h6-15H,1-5H3. The maximum Gasteiger partial charge on any atom is 0.121 e. The Balaban J connectivity index is 2.75. The summed E-state index contributed by atoms with van der Waals surface area (Å²) in [4.78, 5) is 0. The van der Waals surface area contributed by atoms with Crippen molar-refractivity contribution in [2.24, 2.45) is 0 Å². The second kappa shape index (κ2) is 6.71. The highest BCUT2D eigenvalue weighted by molar-refractivity contribution is 7.73. The minimum absolute atomic E-state index is 0.0991. The van der Waals surface area contributed by atoms with Crippen molar-refractivity contribution in [1.29, 1.82) is 0 Å². The fourth-order valence-electron chi connectivity index (χ4n) is 2.94. The van der Waals surface area contributed by atoms with Crippen LogP contribution in [0.5, 0.6) is 5.75 Å². The van der Waals surface area contributed by atoms with Gasteiger partial charge in [-0.2, -0.15) is 0 Å². The lowest BCUT2D eigenvalue weighted by Crippen LogP contribution is -2.21. The highest BCUT2D eigenvalue weighted by Crippen LogP contribution is 2.55. The van der Waals surface area contributed by atoms with Crippen LogP contribution < -0.4 is 10.0 Å². The molecule has 0 fully saturated rings. The van der Waals surface area contributed by atoms with Crippen molar-refractivity contribution in [1.82, 2.24) is 0 Å². The van der Waals surface area contributed by atoms with E-state index in [-0.39, 0.29) is 11.3 Å². The number of ether oxygens (including phenoxy) is 1. The average molecular weight is 316 g/mol. The van der Waals surface area contributed by atoms with Gasteiger partial charge in [0.15, 0.2) is 0 Å². The van der Waals surface area contributed by atoms with Crippen molar-refractivity contribution in [3.63, 3.8) is 0 Å². The maximum atomic E-state index is 13.8. The van der Waals surface area contributed by atoms with E-state index >= 15 is 0 Å². The lowest BCUT2D eigenvalue weighted by Gasteiger charge is -2.29. The molecule has 0 radical (unpaired) electrons. The Morgan fingerprint density at radius 3 is 2.00 bits per heavy atom. The maximum absolute atomic E-state index is 13.8. The molecule has 0 N–H and O–H groups in total. The monoisotopic (exact) mass is 316 g/mol. The summed E-state index contributed by atoms with van der Waals surface area (Å²) in [5, 5.41) is 0.933. The molecule has 0 bridgehead atoms. The van der Waals surface area contributed by atoms with E-state index in [1.807, 2.05) is 36.4 Å². The van der Waals surface area contributed by atoms with Crippen LogP contribution in [0.4, 0.5) is 0 Å². The van der Waals surface area contributed by atoms with Gasteiger partial charge in [0.25, 0.3) is 0 Å². The first kappa shape index (κ1) is 16.8. The van der Waals surface area contributed by atoms with Gasteiger partial charge in [0.05, 0.1) is 7.11 Å². The van der Waals surface area contributed by atoms with Gasteiger partial charge in [0, 0.05) is 16.6 Å². The second-order valence-corrected chi connectivity index (χ2v) is 10.1. The van der Waals surface area contributed by atoms with Crippen molar-refractivity contribution in [2.45, 2.75) is 39.0 Å². The van der Waals surface area contributed by atoms with E-state index in [4.69, 9.17) is 4.74 Å². The normalized spacial score (nSPS) is 12.0. The molecule has 22 heavy (non-hydrogen) atoms. The smallest absolute Gasteiger partial charge is 0.121 e. The van der Waals surface area contributed by atoms with Gasteiger partial charge in [-0.25, -0.2) is 0 Å². The van der Waals surface area contributed by atoms with E-state index in [0.29, 0.717) is 0 Å². The van der Waals surface area contributed by atoms with Gasteiger partial charge in [-0.15, -0.1) is 0 Å². The molecule has 0 aliphatic heterocycles. The van der Waals surface area contributed by atoms with Gasteiger partial charge < -0.3 is 9.30 Å². The van der Waals surface area contributed by atoms with Crippen LogP contribution in [-0.4, -0.2) is 18.4 Å². The van der Waals surface area contributed by atoms with Crippen LogP contribution in [0.3, 0.4) is 0 Å². The van der Waals surface area contributed by atoms with E-state index in [2.05, 4.69) is 39.8 Å². The Hall–Kier alpha value is -1.53. The van der Waals surface area contributed by atoms with E-state index in [9.17, 15) is 4.57 Å². The molecule has 2 nitrogen and oxygen atoms in total. The lowest BCUT2D eigenvalue weighted by atomic mass is 10.1. The Labute approximate surface area is 133 Å². The second-order valence-electron chi connectivity index (χ2n) is 6.15. The van der Waals surface area contributed by atoms with Crippen LogP contribution in [-0.2, 0) is 4.57 Å². The van der Waals surface area contributed by atoms with Gasteiger partial charge in [-0.05, 0) is 29.3 Å². The number of benzene rings is 2. The first-order valence-corrected chi connectivity index (χ1v) is 9.59. The molecule has 0 saturated carbocycles. The molecule has 2 aromatic carbocycles. The topological polar surface area (TPSA) is 26.3 Å². The summed E-state index contributed by atoms with van der Waals surface area (Å²) >= 11 is 0. The van der Waals surface area contributed by atoms with Crippen LogP contribution in [0.25, 0.3) is 11.1 Å². The van der Waals surface area contributed by atoms with E-state index in [1.54, 1.807) is 7.11 Å². The Morgan fingerprint density at radius 1 is 0.909 bits per heavy atom. The van der Waals surface area contributed by atoms with Gasteiger partial charge in [-0.3, -0.25) is 0 Å². The zero-order valence-electron chi connectivity index (χ0n) is 14.0. The zero-order valence-corrected chi connectivity index (χ0v) is 14.9. The Morgan fingerprint density at radius 2 is 1.50 bits per heavy atom.